The van der Waals surface area contributed by atoms with Gasteiger partial charge in [-0.25, -0.2) is 0 Å². The second-order valence-corrected chi connectivity index (χ2v) is 5.70. The molecule has 3 heteroatoms. The van der Waals surface area contributed by atoms with Gasteiger partial charge in [-0.1, -0.05) is 33.1 Å². The number of hydrogen-bond donors (Lipinski definition) is 3. The van der Waals surface area contributed by atoms with Crippen LogP contribution < -0.4 is 5.32 Å². The topological polar surface area (TPSA) is 52.5 Å². The monoisotopic (exact) mass is 229 g/mol. The summed E-state index contributed by atoms with van der Waals surface area (Å²) in [5.41, 5.74) is -0.518. The van der Waals surface area contributed by atoms with Crippen molar-refractivity contribution in [2.45, 2.75) is 64.1 Å². The van der Waals surface area contributed by atoms with E-state index in [9.17, 15) is 10.2 Å². The highest BCUT2D eigenvalue weighted by Crippen LogP contribution is 2.27. The summed E-state index contributed by atoms with van der Waals surface area (Å²) in [5, 5.41) is 23.1. The Labute approximate surface area is 99.3 Å². The number of aliphatic hydroxyl groups excluding tert-OH is 1. The molecule has 0 heterocycles. The summed E-state index contributed by atoms with van der Waals surface area (Å²) in [5.74, 6) is 0.523. The van der Waals surface area contributed by atoms with Gasteiger partial charge in [0.2, 0.25) is 0 Å². The third kappa shape index (κ3) is 5.28. The minimum atomic E-state index is -0.518. The van der Waals surface area contributed by atoms with Crippen molar-refractivity contribution in [1.29, 1.82) is 0 Å². The fourth-order valence-electron chi connectivity index (χ4n) is 2.49. The lowest BCUT2D eigenvalue weighted by Gasteiger charge is -2.32. The fraction of sp³-hybridized carbons (Fsp3) is 1.00. The Bertz CT molecular complexity index is 188. The van der Waals surface area contributed by atoms with Crippen LogP contribution in [0.1, 0.15) is 52.4 Å². The van der Waals surface area contributed by atoms with Crippen molar-refractivity contribution in [3.8, 4) is 0 Å². The van der Waals surface area contributed by atoms with E-state index in [0.29, 0.717) is 19.0 Å². The second-order valence-electron chi connectivity index (χ2n) is 5.70. The molecular formula is C13H27NO2. The Balaban J connectivity index is 2.13. The van der Waals surface area contributed by atoms with Crippen molar-refractivity contribution in [2.24, 2.45) is 5.92 Å². The number of rotatable bonds is 6. The van der Waals surface area contributed by atoms with Crippen molar-refractivity contribution in [3.63, 3.8) is 0 Å². The highest BCUT2D eigenvalue weighted by molar-refractivity contribution is 4.84. The molecule has 1 atom stereocenters. The zero-order chi connectivity index (χ0) is 12.0. The fourth-order valence-corrected chi connectivity index (χ4v) is 2.49. The van der Waals surface area contributed by atoms with Crippen molar-refractivity contribution in [1.82, 2.24) is 5.32 Å². The Morgan fingerprint density at radius 1 is 1.19 bits per heavy atom. The van der Waals surface area contributed by atoms with Gasteiger partial charge in [0.25, 0.3) is 0 Å². The van der Waals surface area contributed by atoms with E-state index in [2.05, 4.69) is 19.2 Å². The van der Waals surface area contributed by atoms with Gasteiger partial charge in [0.15, 0.2) is 0 Å². The first-order chi connectivity index (χ1) is 7.52. The Morgan fingerprint density at radius 2 is 1.81 bits per heavy atom. The maximum Gasteiger partial charge on any atom is 0.0771 e. The maximum absolute atomic E-state index is 10.2. The summed E-state index contributed by atoms with van der Waals surface area (Å²) < 4.78 is 0. The molecule has 0 aromatic rings. The van der Waals surface area contributed by atoms with Crippen molar-refractivity contribution < 1.29 is 10.2 Å². The molecule has 0 aromatic heterocycles. The minimum Gasteiger partial charge on any atom is -0.392 e. The Hall–Kier alpha value is -0.120. The average molecular weight is 229 g/mol. The van der Waals surface area contributed by atoms with Gasteiger partial charge in [-0.05, 0) is 25.2 Å². The van der Waals surface area contributed by atoms with E-state index < -0.39 is 5.60 Å². The highest BCUT2D eigenvalue weighted by atomic mass is 16.3. The summed E-state index contributed by atoms with van der Waals surface area (Å²) in [6.45, 7) is 5.44. The summed E-state index contributed by atoms with van der Waals surface area (Å²) in [6, 6.07) is 0. The summed E-state index contributed by atoms with van der Waals surface area (Å²) in [6.07, 6.45) is 5.86. The van der Waals surface area contributed by atoms with Crippen molar-refractivity contribution in [2.75, 3.05) is 13.1 Å². The molecule has 3 N–H and O–H groups in total. The van der Waals surface area contributed by atoms with Crippen LogP contribution >= 0.6 is 0 Å². The molecule has 1 fully saturated rings. The molecular weight excluding hydrogens is 202 g/mol. The van der Waals surface area contributed by atoms with Gasteiger partial charge in [-0.3, -0.25) is 0 Å². The van der Waals surface area contributed by atoms with Crippen molar-refractivity contribution in [3.05, 3.63) is 0 Å². The van der Waals surface area contributed by atoms with Crippen molar-refractivity contribution >= 4 is 0 Å². The van der Waals surface area contributed by atoms with Crippen LogP contribution in [0.5, 0.6) is 0 Å². The molecule has 1 unspecified atom stereocenters. The normalized spacial score (nSPS) is 22.3. The molecule has 1 rings (SSSR count). The van der Waals surface area contributed by atoms with Gasteiger partial charge in [-0.2, -0.15) is 0 Å². The number of hydrogen-bond acceptors (Lipinski definition) is 3. The van der Waals surface area contributed by atoms with Crippen LogP contribution in [0.25, 0.3) is 0 Å². The number of aliphatic hydroxyl groups is 2. The van der Waals surface area contributed by atoms with E-state index >= 15 is 0 Å². The molecule has 1 aliphatic rings. The van der Waals surface area contributed by atoms with Crippen LogP contribution in [0.3, 0.4) is 0 Å². The largest absolute Gasteiger partial charge is 0.392 e. The molecule has 0 bridgehead atoms. The van der Waals surface area contributed by atoms with Gasteiger partial charge in [-0.15, -0.1) is 0 Å². The molecule has 1 saturated carbocycles. The molecule has 3 nitrogen and oxygen atoms in total. The van der Waals surface area contributed by atoms with Crippen LogP contribution in [0.2, 0.25) is 0 Å². The molecule has 1 aliphatic carbocycles. The smallest absolute Gasteiger partial charge is 0.0771 e. The highest BCUT2D eigenvalue weighted by Gasteiger charge is 2.28. The van der Waals surface area contributed by atoms with Gasteiger partial charge in [0, 0.05) is 13.1 Å². The van der Waals surface area contributed by atoms with Gasteiger partial charge in [0.1, 0.15) is 0 Å². The molecule has 0 amide bonds. The number of nitrogens with one attached hydrogen (secondary N) is 1. The first kappa shape index (κ1) is 13.9. The molecule has 16 heavy (non-hydrogen) atoms. The van der Waals surface area contributed by atoms with Crippen LogP contribution in [-0.4, -0.2) is 35.0 Å². The minimum absolute atomic E-state index is 0.285. The quantitative estimate of drug-likeness (QED) is 0.649. The molecule has 0 radical (unpaired) electrons. The lowest BCUT2D eigenvalue weighted by atomic mass is 9.85. The lowest BCUT2D eigenvalue weighted by molar-refractivity contribution is 0.00227. The maximum atomic E-state index is 10.2. The lowest BCUT2D eigenvalue weighted by Crippen LogP contribution is -2.44. The third-order valence-electron chi connectivity index (χ3n) is 3.36. The second kappa shape index (κ2) is 6.58. The molecule has 0 spiro atoms. The summed E-state index contributed by atoms with van der Waals surface area (Å²) in [4.78, 5) is 0. The molecule has 0 saturated heterocycles. The van der Waals surface area contributed by atoms with Gasteiger partial charge >= 0.3 is 0 Å². The van der Waals surface area contributed by atoms with E-state index in [1.54, 1.807) is 0 Å². The average Bonchev–Trinajstić information content (AvgIpc) is 2.17. The molecule has 96 valence electrons. The summed E-state index contributed by atoms with van der Waals surface area (Å²) >= 11 is 0. The first-order valence-electron chi connectivity index (χ1n) is 6.63. The standard InChI is InChI=1S/C13H27NO2/c1-11(2)8-12(15)9-14-10-13(16)6-4-3-5-7-13/h11-12,14-16H,3-10H2,1-2H3. The van der Waals surface area contributed by atoms with Crippen LogP contribution in [0.4, 0.5) is 0 Å². The molecule has 0 aromatic carbocycles. The zero-order valence-corrected chi connectivity index (χ0v) is 10.7. The van der Waals surface area contributed by atoms with Gasteiger partial charge in [0.05, 0.1) is 11.7 Å². The van der Waals surface area contributed by atoms with E-state index in [1.807, 2.05) is 0 Å². The molecule has 0 aliphatic heterocycles. The Kier molecular flexibility index (Phi) is 5.73. The van der Waals surface area contributed by atoms with Gasteiger partial charge < -0.3 is 15.5 Å². The predicted molar refractivity (Wildman–Crippen MR) is 66.4 cm³/mol. The Morgan fingerprint density at radius 3 is 2.38 bits per heavy atom. The van der Waals surface area contributed by atoms with E-state index in [-0.39, 0.29) is 6.10 Å². The van der Waals surface area contributed by atoms with E-state index in [1.165, 1.54) is 6.42 Å². The van der Waals surface area contributed by atoms with Crippen LogP contribution in [0, 0.1) is 5.92 Å². The van der Waals surface area contributed by atoms with Crippen LogP contribution in [-0.2, 0) is 0 Å². The third-order valence-corrected chi connectivity index (χ3v) is 3.36. The first-order valence-corrected chi connectivity index (χ1v) is 6.63. The van der Waals surface area contributed by atoms with Crippen LogP contribution in [0.15, 0.2) is 0 Å². The predicted octanol–water partition coefficient (Wildman–Crippen LogP) is 1.68. The zero-order valence-electron chi connectivity index (χ0n) is 10.7. The SMILES string of the molecule is CC(C)CC(O)CNCC1(O)CCCCC1. The van der Waals surface area contributed by atoms with E-state index in [0.717, 1.165) is 32.1 Å². The van der Waals surface area contributed by atoms with E-state index in [4.69, 9.17) is 0 Å². The summed E-state index contributed by atoms with van der Waals surface area (Å²) in [7, 11) is 0.